The van der Waals surface area contributed by atoms with Gasteiger partial charge in [0.15, 0.2) is 11.5 Å². The maximum absolute atomic E-state index is 12.7. The summed E-state index contributed by atoms with van der Waals surface area (Å²) in [6, 6.07) is 4.14. The summed E-state index contributed by atoms with van der Waals surface area (Å²) in [6.07, 6.45) is 2.55. The van der Waals surface area contributed by atoms with Gasteiger partial charge in [-0.15, -0.1) is 0 Å². The van der Waals surface area contributed by atoms with Crippen molar-refractivity contribution in [3.05, 3.63) is 23.8 Å². The molecule has 1 saturated carbocycles. The summed E-state index contributed by atoms with van der Waals surface area (Å²) in [6.45, 7) is -0.727. The number of benzene rings is 1. The Morgan fingerprint density at radius 1 is 1.26 bits per heavy atom. The molecule has 1 heterocycles. The van der Waals surface area contributed by atoms with E-state index in [1.165, 1.54) is 25.0 Å². The Morgan fingerprint density at radius 3 is 2.59 bits per heavy atom. The zero-order valence-corrected chi connectivity index (χ0v) is 15.3. The highest BCUT2D eigenvalue weighted by molar-refractivity contribution is 5.84. The van der Waals surface area contributed by atoms with Gasteiger partial charge in [0.1, 0.15) is 6.04 Å². The molecule has 148 valence electrons. The molecule has 0 radical (unpaired) electrons. The number of alkyl halides is 2. The highest BCUT2D eigenvalue weighted by Crippen LogP contribution is 2.39. The van der Waals surface area contributed by atoms with Gasteiger partial charge in [-0.25, -0.2) is 4.79 Å². The van der Waals surface area contributed by atoms with Crippen LogP contribution in [0.25, 0.3) is 0 Å². The highest BCUT2D eigenvalue weighted by atomic mass is 19.3. The SMILES string of the molecule is COC(=O)[C@H]1C[C@@H](c2ccc(OC(F)F)c(OCC3CC3)c2)CN1C(C)=O. The lowest BCUT2D eigenvalue weighted by Gasteiger charge is -2.20. The maximum atomic E-state index is 12.7. The molecule has 2 aliphatic rings. The van der Waals surface area contributed by atoms with E-state index in [1.54, 1.807) is 12.1 Å². The molecule has 1 aliphatic heterocycles. The normalized spacial score (nSPS) is 22.0. The third kappa shape index (κ3) is 4.67. The van der Waals surface area contributed by atoms with Crippen LogP contribution in [0, 0.1) is 5.92 Å². The Labute approximate surface area is 156 Å². The number of hydrogen-bond acceptors (Lipinski definition) is 5. The first-order valence-electron chi connectivity index (χ1n) is 8.95. The van der Waals surface area contributed by atoms with Crippen LogP contribution in [0.2, 0.25) is 0 Å². The molecule has 2 atom stereocenters. The molecular weight excluding hydrogens is 360 g/mol. The van der Waals surface area contributed by atoms with Gasteiger partial charge >= 0.3 is 12.6 Å². The predicted octanol–water partition coefficient (Wildman–Crippen LogP) is 2.95. The van der Waals surface area contributed by atoms with Gasteiger partial charge in [0, 0.05) is 19.4 Å². The Balaban J connectivity index is 1.81. The van der Waals surface area contributed by atoms with Crippen LogP contribution in [0.1, 0.15) is 37.7 Å². The average Bonchev–Trinajstić information content (AvgIpc) is 3.35. The summed E-state index contributed by atoms with van der Waals surface area (Å²) in [5.74, 6) is -0.0967. The number of esters is 1. The molecule has 6 nitrogen and oxygen atoms in total. The number of amides is 1. The zero-order chi connectivity index (χ0) is 19.6. The number of carbonyl (C=O) groups is 2. The Bertz CT molecular complexity index is 707. The van der Waals surface area contributed by atoms with Crippen LogP contribution in [0.3, 0.4) is 0 Å². The number of rotatable bonds is 7. The summed E-state index contributed by atoms with van der Waals surface area (Å²) in [5, 5.41) is 0. The molecule has 8 heteroatoms. The molecule has 1 saturated heterocycles. The van der Waals surface area contributed by atoms with E-state index in [2.05, 4.69) is 4.74 Å². The van der Waals surface area contributed by atoms with Gasteiger partial charge in [-0.2, -0.15) is 8.78 Å². The van der Waals surface area contributed by atoms with Crippen molar-refractivity contribution in [2.75, 3.05) is 20.3 Å². The van der Waals surface area contributed by atoms with E-state index in [1.807, 2.05) is 0 Å². The summed E-state index contributed by atoms with van der Waals surface area (Å²) >= 11 is 0. The van der Waals surface area contributed by atoms with Crippen molar-refractivity contribution in [1.82, 2.24) is 4.90 Å². The lowest BCUT2D eigenvalue weighted by molar-refractivity contribution is -0.150. The summed E-state index contributed by atoms with van der Waals surface area (Å²) < 4.78 is 40.4. The largest absolute Gasteiger partial charge is 0.489 e. The third-order valence-electron chi connectivity index (χ3n) is 5.01. The van der Waals surface area contributed by atoms with E-state index < -0.39 is 18.6 Å². The highest BCUT2D eigenvalue weighted by Gasteiger charge is 2.39. The number of hydrogen-bond donors (Lipinski definition) is 0. The van der Waals surface area contributed by atoms with E-state index in [4.69, 9.17) is 9.47 Å². The van der Waals surface area contributed by atoms with E-state index in [9.17, 15) is 18.4 Å². The monoisotopic (exact) mass is 383 g/mol. The number of nitrogens with zero attached hydrogens (tertiary/aromatic N) is 1. The zero-order valence-electron chi connectivity index (χ0n) is 15.3. The second-order valence-corrected chi connectivity index (χ2v) is 6.98. The van der Waals surface area contributed by atoms with Crippen molar-refractivity contribution in [3.63, 3.8) is 0 Å². The van der Waals surface area contributed by atoms with Crippen molar-refractivity contribution >= 4 is 11.9 Å². The quantitative estimate of drug-likeness (QED) is 0.678. The first-order chi connectivity index (χ1) is 12.9. The lowest BCUT2D eigenvalue weighted by atomic mass is 9.96. The van der Waals surface area contributed by atoms with Crippen LogP contribution in [0.4, 0.5) is 8.78 Å². The van der Waals surface area contributed by atoms with E-state index in [0.29, 0.717) is 25.5 Å². The van der Waals surface area contributed by atoms with Gasteiger partial charge in [-0.3, -0.25) is 4.79 Å². The van der Waals surface area contributed by atoms with E-state index in [0.717, 1.165) is 18.4 Å². The molecule has 0 bridgehead atoms. The van der Waals surface area contributed by atoms with Crippen LogP contribution in [-0.4, -0.2) is 49.7 Å². The van der Waals surface area contributed by atoms with Gasteiger partial charge in [0.05, 0.1) is 13.7 Å². The Kier molecular flexibility index (Phi) is 5.82. The predicted molar refractivity (Wildman–Crippen MR) is 91.8 cm³/mol. The fourth-order valence-corrected chi connectivity index (χ4v) is 3.36. The molecular formula is C19H23F2NO5. The first kappa shape index (κ1) is 19.4. The molecule has 1 amide bonds. The third-order valence-corrected chi connectivity index (χ3v) is 5.01. The average molecular weight is 383 g/mol. The summed E-state index contributed by atoms with van der Waals surface area (Å²) in [7, 11) is 1.29. The van der Waals surface area contributed by atoms with Crippen molar-refractivity contribution in [1.29, 1.82) is 0 Å². The van der Waals surface area contributed by atoms with Gasteiger partial charge in [-0.1, -0.05) is 6.07 Å². The molecule has 0 aromatic heterocycles. The fourth-order valence-electron chi connectivity index (χ4n) is 3.36. The minimum Gasteiger partial charge on any atom is -0.489 e. The molecule has 3 rings (SSSR count). The second-order valence-electron chi connectivity index (χ2n) is 6.98. The van der Waals surface area contributed by atoms with Crippen molar-refractivity contribution < 1.29 is 32.6 Å². The van der Waals surface area contributed by atoms with Crippen LogP contribution >= 0.6 is 0 Å². The minimum absolute atomic E-state index is 0.0136. The topological polar surface area (TPSA) is 65.1 Å². The molecule has 1 aromatic carbocycles. The van der Waals surface area contributed by atoms with Crippen LogP contribution in [0.5, 0.6) is 11.5 Å². The van der Waals surface area contributed by atoms with Crippen molar-refractivity contribution in [2.45, 2.75) is 44.8 Å². The summed E-state index contributed by atoms with van der Waals surface area (Å²) in [4.78, 5) is 25.3. The molecule has 0 unspecified atom stereocenters. The Morgan fingerprint density at radius 2 is 2.00 bits per heavy atom. The maximum Gasteiger partial charge on any atom is 0.387 e. The van der Waals surface area contributed by atoms with Gasteiger partial charge in [0.2, 0.25) is 5.91 Å². The first-order valence-corrected chi connectivity index (χ1v) is 8.95. The smallest absolute Gasteiger partial charge is 0.387 e. The Hall–Kier alpha value is -2.38. The van der Waals surface area contributed by atoms with Crippen molar-refractivity contribution in [2.24, 2.45) is 5.92 Å². The van der Waals surface area contributed by atoms with Gasteiger partial charge in [-0.05, 0) is 42.9 Å². The van der Waals surface area contributed by atoms with Crippen LogP contribution in [0.15, 0.2) is 18.2 Å². The number of methoxy groups -OCH3 is 1. The van der Waals surface area contributed by atoms with Gasteiger partial charge in [0.25, 0.3) is 0 Å². The number of carbonyl (C=O) groups excluding carboxylic acids is 2. The minimum atomic E-state index is -2.94. The van der Waals surface area contributed by atoms with Crippen LogP contribution < -0.4 is 9.47 Å². The van der Waals surface area contributed by atoms with E-state index >= 15 is 0 Å². The molecule has 0 N–H and O–H groups in total. The standard InChI is InChI=1S/C19H23F2NO5/c1-11(23)22-9-14(7-15(22)18(24)25-2)13-5-6-16(27-19(20)21)17(8-13)26-10-12-3-4-12/h5-6,8,12,14-15,19H,3-4,7,9-10H2,1-2H3/t14-,15-/m1/s1. The van der Waals surface area contributed by atoms with E-state index in [-0.39, 0.29) is 23.3 Å². The number of halogens is 2. The van der Waals surface area contributed by atoms with Gasteiger partial charge < -0.3 is 19.1 Å². The van der Waals surface area contributed by atoms with Crippen molar-refractivity contribution in [3.8, 4) is 11.5 Å². The number of ether oxygens (including phenoxy) is 3. The summed E-state index contributed by atoms with van der Waals surface area (Å²) in [5.41, 5.74) is 0.806. The van der Waals surface area contributed by atoms with Crippen LogP contribution in [-0.2, 0) is 14.3 Å². The lowest BCUT2D eigenvalue weighted by Crippen LogP contribution is -2.39. The molecule has 1 aliphatic carbocycles. The molecule has 2 fully saturated rings. The molecule has 1 aromatic rings. The second kappa shape index (κ2) is 8.10. The molecule has 27 heavy (non-hydrogen) atoms. The number of likely N-dealkylation sites (tertiary alicyclic amines) is 1. The fraction of sp³-hybridized carbons (Fsp3) is 0.579. The molecule has 0 spiro atoms.